The van der Waals surface area contributed by atoms with Crippen LogP contribution in [-0.4, -0.2) is 7.11 Å². The van der Waals surface area contributed by atoms with Crippen molar-refractivity contribution in [2.45, 2.75) is 58.3 Å². The fourth-order valence-electron chi connectivity index (χ4n) is 3.84. The van der Waals surface area contributed by atoms with Crippen molar-refractivity contribution in [1.82, 2.24) is 0 Å². The lowest BCUT2D eigenvalue weighted by Crippen LogP contribution is -2.33. The average molecular weight is 292 g/mol. The molecule has 0 bridgehead atoms. The van der Waals surface area contributed by atoms with Gasteiger partial charge in [0.15, 0.2) is 0 Å². The molecule has 2 unspecified atom stereocenters. The SMILES string of the molecule is COc1cc2c(cc1S)CCC(C(C)C)C2C(C)(C)C. The molecule has 2 heteroatoms. The molecule has 1 aliphatic rings. The Bertz CT molecular complexity index is 485. The maximum absolute atomic E-state index is 5.49. The van der Waals surface area contributed by atoms with Gasteiger partial charge in [0, 0.05) is 4.90 Å². The van der Waals surface area contributed by atoms with Crippen LogP contribution in [0.4, 0.5) is 0 Å². The zero-order valence-electron chi connectivity index (χ0n) is 13.7. The highest BCUT2D eigenvalue weighted by Crippen LogP contribution is 2.50. The molecule has 0 fully saturated rings. The number of methoxy groups -OCH3 is 1. The zero-order valence-corrected chi connectivity index (χ0v) is 14.6. The fraction of sp³-hybridized carbons (Fsp3) is 0.667. The Labute approximate surface area is 129 Å². The van der Waals surface area contributed by atoms with Gasteiger partial charge in [0.05, 0.1) is 7.11 Å². The normalized spacial score (nSPS) is 22.8. The quantitative estimate of drug-likeness (QED) is 0.725. The summed E-state index contributed by atoms with van der Waals surface area (Å²) in [6, 6.07) is 4.45. The van der Waals surface area contributed by atoms with Crippen LogP contribution in [0.25, 0.3) is 0 Å². The molecule has 112 valence electrons. The van der Waals surface area contributed by atoms with Crippen LogP contribution in [0.15, 0.2) is 17.0 Å². The van der Waals surface area contributed by atoms with E-state index in [0.717, 1.165) is 16.6 Å². The topological polar surface area (TPSA) is 9.23 Å². The molecule has 2 atom stereocenters. The van der Waals surface area contributed by atoms with Crippen molar-refractivity contribution in [3.05, 3.63) is 23.3 Å². The van der Waals surface area contributed by atoms with Crippen molar-refractivity contribution in [2.24, 2.45) is 17.3 Å². The molecule has 0 amide bonds. The number of aryl methyl sites for hydroxylation is 1. The van der Waals surface area contributed by atoms with Gasteiger partial charge >= 0.3 is 0 Å². The summed E-state index contributed by atoms with van der Waals surface area (Å²) in [6.45, 7) is 11.8. The van der Waals surface area contributed by atoms with Crippen molar-refractivity contribution in [2.75, 3.05) is 7.11 Å². The Kier molecular flexibility index (Phi) is 4.44. The fourth-order valence-corrected chi connectivity index (χ4v) is 4.15. The molecule has 2 rings (SSSR count). The minimum absolute atomic E-state index is 0.271. The van der Waals surface area contributed by atoms with E-state index in [1.165, 1.54) is 24.0 Å². The molecule has 0 saturated heterocycles. The third-order valence-corrected chi connectivity index (χ3v) is 5.09. The molecule has 0 aliphatic heterocycles. The maximum Gasteiger partial charge on any atom is 0.132 e. The third kappa shape index (κ3) is 2.86. The van der Waals surface area contributed by atoms with E-state index in [4.69, 9.17) is 4.74 Å². The summed E-state index contributed by atoms with van der Waals surface area (Å²) in [4.78, 5) is 0.960. The zero-order chi connectivity index (χ0) is 15.1. The lowest BCUT2D eigenvalue weighted by Gasteiger charge is -2.44. The maximum atomic E-state index is 5.49. The number of thiol groups is 1. The number of ether oxygens (including phenoxy) is 1. The van der Waals surface area contributed by atoms with Crippen LogP contribution in [0.1, 0.15) is 58.1 Å². The summed E-state index contributed by atoms with van der Waals surface area (Å²) in [5, 5.41) is 0. The number of rotatable bonds is 2. The second kappa shape index (κ2) is 5.63. The van der Waals surface area contributed by atoms with Gasteiger partial charge in [-0.25, -0.2) is 0 Å². The number of hydrogen-bond donors (Lipinski definition) is 1. The van der Waals surface area contributed by atoms with Crippen molar-refractivity contribution < 1.29 is 4.74 Å². The standard InChI is InChI=1S/C18H28OS/c1-11(2)13-8-7-12-9-16(20)15(19-6)10-14(12)17(13)18(3,4)5/h9-11,13,17,20H,7-8H2,1-6H3. The van der Waals surface area contributed by atoms with E-state index >= 15 is 0 Å². The number of benzene rings is 1. The molecule has 0 N–H and O–H groups in total. The summed E-state index contributed by atoms with van der Waals surface area (Å²) >= 11 is 4.55. The molecule has 0 radical (unpaired) electrons. The lowest BCUT2D eigenvalue weighted by molar-refractivity contribution is 0.169. The first-order chi connectivity index (χ1) is 9.25. The first-order valence-corrected chi connectivity index (χ1v) is 8.10. The average Bonchev–Trinajstić information content (AvgIpc) is 2.35. The van der Waals surface area contributed by atoms with Crippen molar-refractivity contribution >= 4 is 12.6 Å². The van der Waals surface area contributed by atoms with Crippen molar-refractivity contribution in [3.63, 3.8) is 0 Å². The Balaban J connectivity index is 2.56. The monoisotopic (exact) mass is 292 g/mol. The van der Waals surface area contributed by atoms with E-state index in [9.17, 15) is 0 Å². The van der Waals surface area contributed by atoms with Crippen LogP contribution < -0.4 is 4.74 Å². The third-order valence-electron chi connectivity index (χ3n) is 4.74. The van der Waals surface area contributed by atoms with Gasteiger partial charge in [-0.1, -0.05) is 34.6 Å². The predicted molar refractivity (Wildman–Crippen MR) is 89.1 cm³/mol. The number of hydrogen-bond acceptors (Lipinski definition) is 2. The van der Waals surface area contributed by atoms with Gasteiger partial charge < -0.3 is 4.74 Å². The van der Waals surface area contributed by atoms with E-state index in [1.807, 2.05) is 0 Å². The molecule has 1 aliphatic carbocycles. The molecular weight excluding hydrogens is 264 g/mol. The molecule has 0 spiro atoms. The first kappa shape index (κ1) is 15.8. The second-order valence-corrected chi connectivity index (χ2v) is 7.99. The summed E-state index contributed by atoms with van der Waals surface area (Å²) in [5.74, 6) is 2.96. The van der Waals surface area contributed by atoms with Gasteiger partial charge in [-0.05, 0) is 59.3 Å². The van der Waals surface area contributed by atoms with Crippen molar-refractivity contribution in [3.8, 4) is 5.75 Å². The molecule has 20 heavy (non-hydrogen) atoms. The summed E-state index contributed by atoms with van der Waals surface area (Å²) in [6.07, 6.45) is 2.45. The van der Waals surface area contributed by atoms with E-state index in [2.05, 4.69) is 59.4 Å². The molecule has 1 aromatic rings. The van der Waals surface area contributed by atoms with Crippen LogP contribution in [0.2, 0.25) is 0 Å². The van der Waals surface area contributed by atoms with E-state index < -0.39 is 0 Å². The van der Waals surface area contributed by atoms with Crippen molar-refractivity contribution in [1.29, 1.82) is 0 Å². The van der Waals surface area contributed by atoms with Gasteiger partial charge in [0.25, 0.3) is 0 Å². The van der Waals surface area contributed by atoms with E-state index in [1.54, 1.807) is 7.11 Å². The van der Waals surface area contributed by atoms with Gasteiger partial charge in [-0.3, -0.25) is 0 Å². The Morgan fingerprint density at radius 1 is 1.25 bits per heavy atom. The molecule has 0 saturated carbocycles. The molecule has 1 nitrogen and oxygen atoms in total. The summed E-state index contributed by atoms with van der Waals surface area (Å²) in [5.41, 5.74) is 3.22. The van der Waals surface area contributed by atoms with Gasteiger partial charge in [-0.15, -0.1) is 12.6 Å². The van der Waals surface area contributed by atoms with Crippen LogP contribution in [-0.2, 0) is 6.42 Å². The van der Waals surface area contributed by atoms with Crippen LogP contribution in [0, 0.1) is 17.3 Å². The minimum Gasteiger partial charge on any atom is -0.496 e. The highest BCUT2D eigenvalue weighted by Gasteiger charge is 2.39. The van der Waals surface area contributed by atoms with Crippen LogP contribution in [0.3, 0.4) is 0 Å². The molecule has 0 aromatic heterocycles. The number of fused-ring (bicyclic) bond motifs is 1. The van der Waals surface area contributed by atoms with E-state index in [0.29, 0.717) is 11.8 Å². The van der Waals surface area contributed by atoms with Gasteiger partial charge in [-0.2, -0.15) is 0 Å². The molecule has 1 aromatic carbocycles. The predicted octanol–water partition coefficient (Wildman–Crippen LogP) is 5.33. The Hall–Kier alpha value is -0.630. The summed E-state index contributed by atoms with van der Waals surface area (Å²) < 4.78 is 5.49. The largest absolute Gasteiger partial charge is 0.496 e. The minimum atomic E-state index is 0.271. The highest BCUT2D eigenvalue weighted by atomic mass is 32.1. The Morgan fingerprint density at radius 2 is 1.90 bits per heavy atom. The second-order valence-electron chi connectivity index (χ2n) is 7.51. The lowest BCUT2D eigenvalue weighted by atomic mass is 9.61. The highest BCUT2D eigenvalue weighted by molar-refractivity contribution is 7.80. The smallest absolute Gasteiger partial charge is 0.132 e. The summed E-state index contributed by atoms with van der Waals surface area (Å²) in [7, 11) is 1.73. The van der Waals surface area contributed by atoms with Crippen LogP contribution >= 0.6 is 12.6 Å². The van der Waals surface area contributed by atoms with Crippen LogP contribution in [0.5, 0.6) is 5.75 Å². The van der Waals surface area contributed by atoms with E-state index in [-0.39, 0.29) is 5.41 Å². The molecule has 0 heterocycles. The molecular formula is C18H28OS. The van der Waals surface area contributed by atoms with Gasteiger partial charge in [0.1, 0.15) is 5.75 Å². The first-order valence-electron chi connectivity index (χ1n) is 7.65. The van der Waals surface area contributed by atoms with Gasteiger partial charge in [0.2, 0.25) is 0 Å². The Morgan fingerprint density at radius 3 is 2.40 bits per heavy atom.